The molecule has 0 aliphatic rings. The average molecular weight is 292 g/mol. The summed E-state index contributed by atoms with van der Waals surface area (Å²) in [7, 11) is 0. The second-order valence-electron chi connectivity index (χ2n) is 6.49. The highest BCUT2D eigenvalue weighted by molar-refractivity contribution is 7.80. The van der Waals surface area contributed by atoms with Gasteiger partial charge in [-0.3, -0.25) is 0 Å². The van der Waals surface area contributed by atoms with E-state index in [9.17, 15) is 0 Å². The molecule has 1 unspecified atom stereocenters. The van der Waals surface area contributed by atoms with E-state index < -0.39 is 0 Å². The van der Waals surface area contributed by atoms with E-state index in [1.54, 1.807) is 0 Å². The predicted octanol–water partition coefficient (Wildman–Crippen LogP) is 4.75. The minimum atomic E-state index is 0.190. The summed E-state index contributed by atoms with van der Waals surface area (Å²) in [4.78, 5) is 0. The van der Waals surface area contributed by atoms with Gasteiger partial charge in [-0.2, -0.15) is 0 Å². The second kappa shape index (κ2) is 7.63. The Hall–Kier alpha value is -1.09. The monoisotopic (exact) mass is 292 g/mol. The Morgan fingerprint density at radius 3 is 2.30 bits per heavy atom. The summed E-state index contributed by atoms with van der Waals surface area (Å²) in [6.45, 7) is 11.0. The molecule has 0 radical (unpaired) electrons. The largest absolute Gasteiger partial charge is 0.359 e. The molecule has 1 aromatic rings. The van der Waals surface area contributed by atoms with Crippen LogP contribution in [0.3, 0.4) is 0 Å². The van der Waals surface area contributed by atoms with Crippen LogP contribution in [-0.2, 0) is 6.42 Å². The smallest absolute Gasteiger partial charge is 0.171 e. The third kappa shape index (κ3) is 5.91. The number of unbranched alkanes of at least 4 members (excludes halogenated alkanes) is 1. The van der Waals surface area contributed by atoms with E-state index in [2.05, 4.69) is 69.5 Å². The van der Waals surface area contributed by atoms with Gasteiger partial charge in [-0.1, -0.05) is 46.2 Å². The summed E-state index contributed by atoms with van der Waals surface area (Å²) in [6.07, 6.45) is 3.63. The molecule has 0 heterocycles. The first kappa shape index (κ1) is 17.0. The van der Waals surface area contributed by atoms with Crippen molar-refractivity contribution in [2.24, 2.45) is 5.41 Å². The number of anilines is 1. The van der Waals surface area contributed by atoms with E-state index in [1.807, 2.05) is 0 Å². The van der Waals surface area contributed by atoms with Crippen LogP contribution in [0.1, 0.15) is 53.0 Å². The van der Waals surface area contributed by atoms with Gasteiger partial charge in [-0.05, 0) is 55.1 Å². The fourth-order valence-corrected chi connectivity index (χ4v) is 2.01. The number of benzene rings is 1. The lowest BCUT2D eigenvalue weighted by molar-refractivity contribution is 0.317. The third-order valence-electron chi connectivity index (χ3n) is 3.68. The zero-order chi connectivity index (χ0) is 15.2. The SMILES string of the molecule is CCCCc1ccc(NC(=S)NC(C)C(C)(C)C)cc1. The van der Waals surface area contributed by atoms with Crippen molar-refractivity contribution in [3.63, 3.8) is 0 Å². The van der Waals surface area contributed by atoms with Gasteiger partial charge in [0, 0.05) is 11.7 Å². The zero-order valence-corrected chi connectivity index (χ0v) is 14.2. The topological polar surface area (TPSA) is 24.1 Å². The molecule has 0 saturated carbocycles. The van der Waals surface area contributed by atoms with Gasteiger partial charge in [0.25, 0.3) is 0 Å². The molecule has 2 N–H and O–H groups in total. The molecule has 3 heteroatoms. The molecule has 112 valence electrons. The third-order valence-corrected chi connectivity index (χ3v) is 3.90. The van der Waals surface area contributed by atoms with Crippen molar-refractivity contribution in [1.29, 1.82) is 0 Å². The second-order valence-corrected chi connectivity index (χ2v) is 6.89. The highest BCUT2D eigenvalue weighted by atomic mass is 32.1. The van der Waals surface area contributed by atoms with Crippen LogP contribution < -0.4 is 10.6 Å². The normalized spacial score (nSPS) is 12.8. The standard InChI is InChI=1S/C17H28N2S/c1-6-7-8-14-9-11-15(12-10-14)19-16(20)18-13(2)17(3,4)5/h9-13H,6-8H2,1-5H3,(H2,18,19,20). The Morgan fingerprint density at radius 1 is 1.20 bits per heavy atom. The summed E-state index contributed by atoms with van der Waals surface area (Å²) >= 11 is 5.36. The predicted molar refractivity (Wildman–Crippen MR) is 93.3 cm³/mol. The van der Waals surface area contributed by atoms with Gasteiger partial charge in [-0.25, -0.2) is 0 Å². The molecule has 0 aliphatic carbocycles. The number of hydrogen-bond donors (Lipinski definition) is 2. The van der Waals surface area contributed by atoms with Crippen LogP contribution in [0.15, 0.2) is 24.3 Å². The number of aryl methyl sites for hydroxylation is 1. The van der Waals surface area contributed by atoms with Crippen LogP contribution >= 0.6 is 12.2 Å². The quantitative estimate of drug-likeness (QED) is 0.766. The highest BCUT2D eigenvalue weighted by Gasteiger charge is 2.20. The van der Waals surface area contributed by atoms with Crippen molar-refractivity contribution < 1.29 is 0 Å². The van der Waals surface area contributed by atoms with Crippen molar-refractivity contribution in [1.82, 2.24) is 5.32 Å². The summed E-state index contributed by atoms with van der Waals surface area (Å²) < 4.78 is 0. The number of rotatable bonds is 5. The Labute approximate surface area is 129 Å². The van der Waals surface area contributed by atoms with Gasteiger partial charge in [0.05, 0.1) is 0 Å². The van der Waals surface area contributed by atoms with Gasteiger partial charge in [0.2, 0.25) is 0 Å². The van der Waals surface area contributed by atoms with Crippen LogP contribution in [0.5, 0.6) is 0 Å². The maximum Gasteiger partial charge on any atom is 0.171 e. The Bertz CT molecular complexity index is 418. The molecule has 0 aliphatic heterocycles. The molecule has 2 nitrogen and oxygen atoms in total. The van der Waals surface area contributed by atoms with Crippen LogP contribution in [0.2, 0.25) is 0 Å². The van der Waals surface area contributed by atoms with Gasteiger partial charge >= 0.3 is 0 Å². The molecule has 0 saturated heterocycles. The first-order chi connectivity index (χ1) is 9.32. The molecule has 1 atom stereocenters. The highest BCUT2D eigenvalue weighted by Crippen LogP contribution is 2.18. The summed E-state index contributed by atoms with van der Waals surface area (Å²) in [5.74, 6) is 0. The van der Waals surface area contributed by atoms with Crippen molar-refractivity contribution in [2.75, 3.05) is 5.32 Å². The maximum atomic E-state index is 5.36. The summed E-state index contributed by atoms with van der Waals surface area (Å²) in [6, 6.07) is 8.87. The zero-order valence-electron chi connectivity index (χ0n) is 13.4. The van der Waals surface area contributed by atoms with E-state index in [0.29, 0.717) is 11.2 Å². The molecule has 0 bridgehead atoms. The van der Waals surface area contributed by atoms with Crippen molar-refractivity contribution in [3.05, 3.63) is 29.8 Å². The van der Waals surface area contributed by atoms with Crippen molar-refractivity contribution >= 4 is 23.0 Å². The Morgan fingerprint density at radius 2 is 1.80 bits per heavy atom. The van der Waals surface area contributed by atoms with E-state index in [-0.39, 0.29) is 5.41 Å². The Balaban J connectivity index is 2.50. The fourth-order valence-electron chi connectivity index (χ4n) is 1.72. The molecule has 0 amide bonds. The van der Waals surface area contributed by atoms with Gasteiger partial charge in [0.1, 0.15) is 0 Å². The number of nitrogens with one attached hydrogen (secondary N) is 2. The molecule has 0 fully saturated rings. The summed E-state index contributed by atoms with van der Waals surface area (Å²) in [5, 5.41) is 7.27. The van der Waals surface area contributed by atoms with Crippen LogP contribution in [0.25, 0.3) is 0 Å². The molecule has 20 heavy (non-hydrogen) atoms. The molecule has 0 aromatic heterocycles. The van der Waals surface area contributed by atoms with Gasteiger partial charge in [-0.15, -0.1) is 0 Å². The van der Waals surface area contributed by atoms with Gasteiger partial charge < -0.3 is 10.6 Å². The number of thiocarbonyl (C=S) groups is 1. The van der Waals surface area contributed by atoms with Crippen LogP contribution in [0, 0.1) is 5.41 Å². The maximum absolute atomic E-state index is 5.36. The lowest BCUT2D eigenvalue weighted by Crippen LogP contribution is -2.43. The van der Waals surface area contributed by atoms with Crippen LogP contribution in [-0.4, -0.2) is 11.2 Å². The van der Waals surface area contributed by atoms with Crippen molar-refractivity contribution in [3.8, 4) is 0 Å². The summed E-state index contributed by atoms with van der Waals surface area (Å²) in [5.41, 5.74) is 2.62. The first-order valence-electron chi connectivity index (χ1n) is 7.49. The van der Waals surface area contributed by atoms with E-state index in [0.717, 1.165) is 12.1 Å². The average Bonchev–Trinajstić information content (AvgIpc) is 2.36. The molecular weight excluding hydrogens is 264 g/mol. The Kier molecular flexibility index (Phi) is 6.47. The van der Waals surface area contributed by atoms with Crippen LogP contribution in [0.4, 0.5) is 5.69 Å². The lowest BCUT2D eigenvalue weighted by Gasteiger charge is -2.29. The number of hydrogen-bond acceptors (Lipinski definition) is 1. The fraction of sp³-hybridized carbons (Fsp3) is 0.588. The molecule has 0 spiro atoms. The first-order valence-corrected chi connectivity index (χ1v) is 7.90. The van der Waals surface area contributed by atoms with E-state index in [1.165, 1.54) is 18.4 Å². The van der Waals surface area contributed by atoms with E-state index in [4.69, 9.17) is 12.2 Å². The molecule has 1 aromatic carbocycles. The van der Waals surface area contributed by atoms with E-state index >= 15 is 0 Å². The van der Waals surface area contributed by atoms with Gasteiger partial charge in [0.15, 0.2) is 5.11 Å². The lowest BCUT2D eigenvalue weighted by atomic mass is 9.88. The minimum Gasteiger partial charge on any atom is -0.359 e. The molecule has 1 rings (SSSR count). The van der Waals surface area contributed by atoms with Crippen molar-refractivity contribution in [2.45, 2.75) is 59.9 Å². The minimum absolute atomic E-state index is 0.190. The molecular formula is C17H28N2S.